The Bertz CT molecular complexity index is 723. The summed E-state index contributed by atoms with van der Waals surface area (Å²) in [6, 6.07) is 14.7. The Hall–Kier alpha value is -2.49. The first-order chi connectivity index (χ1) is 11.6. The average Bonchev–Trinajstić information content (AvgIpc) is 2.60. The number of ether oxygens (including phenoxy) is 1. The maximum absolute atomic E-state index is 12.0. The Labute approximate surface area is 143 Å². The molecular formula is C20H24N2O2. The second-order valence-electron chi connectivity index (χ2n) is 6.35. The van der Waals surface area contributed by atoms with E-state index in [1.807, 2.05) is 32.0 Å². The molecule has 3 rings (SSSR count). The highest BCUT2D eigenvalue weighted by molar-refractivity contribution is 5.98. The number of nitrogens with zero attached hydrogens (tertiary/aromatic N) is 1. The van der Waals surface area contributed by atoms with Gasteiger partial charge in [-0.15, -0.1) is 0 Å². The molecule has 0 fully saturated rings. The first-order valence-corrected chi connectivity index (χ1v) is 8.49. The van der Waals surface area contributed by atoms with Crippen molar-refractivity contribution in [3.05, 3.63) is 53.6 Å². The summed E-state index contributed by atoms with van der Waals surface area (Å²) in [5, 5.41) is 3.42. The van der Waals surface area contributed by atoms with Crippen molar-refractivity contribution < 1.29 is 9.53 Å². The van der Waals surface area contributed by atoms with Crippen molar-refractivity contribution in [1.82, 2.24) is 0 Å². The van der Waals surface area contributed by atoms with Gasteiger partial charge < -0.3 is 15.0 Å². The molecule has 0 aliphatic carbocycles. The van der Waals surface area contributed by atoms with Gasteiger partial charge in [-0.2, -0.15) is 0 Å². The minimum atomic E-state index is 0.00854. The summed E-state index contributed by atoms with van der Waals surface area (Å²) in [6.45, 7) is 7.05. The molecule has 0 unspecified atom stereocenters. The van der Waals surface area contributed by atoms with E-state index in [2.05, 4.69) is 36.5 Å². The van der Waals surface area contributed by atoms with E-state index in [1.54, 1.807) is 4.90 Å². The number of anilines is 2. The summed E-state index contributed by atoms with van der Waals surface area (Å²) >= 11 is 0. The van der Waals surface area contributed by atoms with Gasteiger partial charge in [0, 0.05) is 24.3 Å². The van der Waals surface area contributed by atoms with E-state index >= 15 is 0 Å². The molecule has 1 aliphatic rings. The van der Waals surface area contributed by atoms with E-state index in [0.717, 1.165) is 30.1 Å². The van der Waals surface area contributed by atoms with E-state index in [4.69, 9.17) is 4.74 Å². The predicted octanol–water partition coefficient (Wildman–Crippen LogP) is 3.99. The first kappa shape index (κ1) is 16.4. The van der Waals surface area contributed by atoms with Gasteiger partial charge in [-0.3, -0.25) is 4.79 Å². The van der Waals surface area contributed by atoms with Crippen molar-refractivity contribution in [3.8, 4) is 5.75 Å². The molecule has 0 atom stereocenters. The third kappa shape index (κ3) is 3.37. The number of carbonyl (C=O) groups is 1. The summed E-state index contributed by atoms with van der Waals surface area (Å²) in [4.78, 5) is 13.8. The van der Waals surface area contributed by atoms with Gasteiger partial charge in [0.15, 0.2) is 6.61 Å². The normalized spacial score (nSPS) is 13.7. The minimum Gasteiger partial charge on any atom is -0.481 e. The van der Waals surface area contributed by atoms with Crippen LogP contribution in [0.4, 0.5) is 11.4 Å². The van der Waals surface area contributed by atoms with Crippen molar-refractivity contribution >= 4 is 17.3 Å². The molecule has 2 aromatic carbocycles. The Kier molecular flexibility index (Phi) is 4.74. The Morgan fingerprint density at radius 1 is 1.12 bits per heavy atom. The zero-order chi connectivity index (χ0) is 17.1. The fraction of sp³-hybridized carbons (Fsp3) is 0.350. The van der Waals surface area contributed by atoms with E-state index in [-0.39, 0.29) is 18.6 Å². The monoisotopic (exact) mass is 324 g/mol. The van der Waals surface area contributed by atoms with Gasteiger partial charge in [-0.05, 0) is 43.5 Å². The third-order valence-corrected chi connectivity index (χ3v) is 4.28. The quantitative estimate of drug-likeness (QED) is 0.904. The van der Waals surface area contributed by atoms with Gasteiger partial charge >= 0.3 is 0 Å². The van der Waals surface area contributed by atoms with Crippen molar-refractivity contribution in [2.75, 3.05) is 16.8 Å². The van der Waals surface area contributed by atoms with Crippen LogP contribution in [0.15, 0.2) is 42.5 Å². The van der Waals surface area contributed by atoms with Crippen molar-refractivity contribution in [2.24, 2.45) is 0 Å². The Morgan fingerprint density at radius 2 is 1.83 bits per heavy atom. The second kappa shape index (κ2) is 6.95. The number of benzene rings is 2. The molecule has 0 radical (unpaired) electrons. The molecule has 1 N–H and O–H groups in total. The van der Waals surface area contributed by atoms with Crippen molar-refractivity contribution in [1.29, 1.82) is 0 Å². The van der Waals surface area contributed by atoms with Gasteiger partial charge in [0.25, 0.3) is 5.91 Å². The smallest absolute Gasteiger partial charge is 0.265 e. The van der Waals surface area contributed by atoms with E-state index in [9.17, 15) is 4.79 Å². The predicted molar refractivity (Wildman–Crippen MR) is 97.7 cm³/mol. The number of fused-ring (bicyclic) bond motifs is 1. The number of hydrogen-bond donors (Lipinski definition) is 1. The zero-order valence-corrected chi connectivity index (χ0v) is 14.5. The molecule has 1 heterocycles. The standard InChI is InChI=1S/C20H24N2O2/c1-4-15-5-7-16(8-6-15)12-21-17-9-10-18-19(11-17)24-13-20(23)22(18)14(2)3/h5-11,14,21H,4,12-13H2,1-3H3. The summed E-state index contributed by atoms with van der Waals surface area (Å²) in [5.41, 5.74) is 4.43. The zero-order valence-electron chi connectivity index (χ0n) is 14.5. The number of aryl methyl sites for hydroxylation is 1. The van der Waals surface area contributed by atoms with Crippen LogP contribution in [-0.4, -0.2) is 18.6 Å². The molecule has 0 spiro atoms. The summed E-state index contributed by atoms with van der Waals surface area (Å²) in [6.07, 6.45) is 1.06. The Balaban J connectivity index is 1.73. The molecule has 0 aromatic heterocycles. The summed E-state index contributed by atoms with van der Waals surface area (Å²) in [7, 11) is 0. The molecule has 0 saturated heterocycles. The Morgan fingerprint density at radius 3 is 2.50 bits per heavy atom. The van der Waals surface area contributed by atoms with Crippen LogP contribution in [-0.2, 0) is 17.8 Å². The topological polar surface area (TPSA) is 41.6 Å². The number of rotatable bonds is 5. The average molecular weight is 324 g/mol. The molecule has 0 saturated carbocycles. The SMILES string of the molecule is CCc1ccc(CNc2ccc3c(c2)OCC(=O)N3C(C)C)cc1. The lowest BCUT2D eigenvalue weighted by Crippen LogP contribution is -2.43. The highest BCUT2D eigenvalue weighted by Crippen LogP contribution is 2.35. The maximum atomic E-state index is 12.0. The van der Waals surface area contributed by atoms with Crippen LogP contribution in [0.3, 0.4) is 0 Å². The van der Waals surface area contributed by atoms with Crippen LogP contribution in [0, 0.1) is 0 Å². The van der Waals surface area contributed by atoms with Gasteiger partial charge in [-0.25, -0.2) is 0 Å². The van der Waals surface area contributed by atoms with E-state index in [1.165, 1.54) is 11.1 Å². The lowest BCUT2D eigenvalue weighted by atomic mass is 10.1. The van der Waals surface area contributed by atoms with Crippen molar-refractivity contribution in [3.63, 3.8) is 0 Å². The molecular weight excluding hydrogens is 300 g/mol. The van der Waals surface area contributed by atoms with Gasteiger partial charge in [0.2, 0.25) is 0 Å². The van der Waals surface area contributed by atoms with Gasteiger partial charge in [0.1, 0.15) is 5.75 Å². The molecule has 1 aliphatic heterocycles. The third-order valence-electron chi connectivity index (χ3n) is 4.28. The molecule has 0 bridgehead atoms. The molecule has 126 valence electrons. The van der Waals surface area contributed by atoms with Crippen LogP contribution in [0.2, 0.25) is 0 Å². The van der Waals surface area contributed by atoms with Crippen LogP contribution in [0.1, 0.15) is 31.9 Å². The van der Waals surface area contributed by atoms with Crippen LogP contribution >= 0.6 is 0 Å². The molecule has 24 heavy (non-hydrogen) atoms. The van der Waals surface area contributed by atoms with Crippen LogP contribution in [0.25, 0.3) is 0 Å². The minimum absolute atomic E-state index is 0.00854. The highest BCUT2D eigenvalue weighted by atomic mass is 16.5. The fourth-order valence-electron chi connectivity index (χ4n) is 2.95. The molecule has 2 aromatic rings. The number of amides is 1. The molecule has 4 heteroatoms. The van der Waals surface area contributed by atoms with Gasteiger partial charge in [0.05, 0.1) is 5.69 Å². The van der Waals surface area contributed by atoms with Gasteiger partial charge in [-0.1, -0.05) is 31.2 Å². The largest absolute Gasteiger partial charge is 0.481 e. The molecule has 4 nitrogen and oxygen atoms in total. The summed E-state index contributed by atoms with van der Waals surface area (Å²) in [5.74, 6) is 0.767. The van der Waals surface area contributed by atoms with Crippen LogP contribution in [0.5, 0.6) is 5.75 Å². The lowest BCUT2D eigenvalue weighted by Gasteiger charge is -2.32. The second-order valence-corrected chi connectivity index (χ2v) is 6.35. The summed E-state index contributed by atoms with van der Waals surface area (Å²) < 4.78 is 5.61. The highest BCUT2D eigenvalue weighted by Gasteiger charge is 2.27. The fourth-order valence-corrected chi connectivity index (χ4v) is 2.95. The maximum Gasteiger partial charge on any atom is 0.265 e. The van der Waals surface area contributed by atoms with Crippen LogP contribution < -0.4 is 15.0 Å². The van der Waals surface area contributed by atoms with Crippen molar-refractivity contribution in [2.45, 2.75) is 39.8 Å². The van der Waals surface area contributed by atoms with E-state index < -0.39 is 0 Å². The van der Waals surface area contributed by atoms with E-state index in [0.29, 0.717) is 0 Å². The first-order valence-electron chi connectivity index (χ1n) is 8.49. The number of nitrogens with one attached hydrogen (secondary N) is 1. The number of hydrogen-bond acceptors (Lipinski definition) is 3. The lowest BCUT2D eigenvalue weighted by molar-refractivity contribution is -0.121. The number of carbonyl (C=O) groups excluding carboxylic acids is 1. The molecule has 1 amide bonds.